The highest BCUT2D eigenvalue weighted by Crippen LogP contribution is 2.22. The van der Waals surface area contributed by atoms with Crippen LogP contribution in [0.3, 0.4) is 0 Å². The molecule has 0 radical (unpaired) electrons. The molecule has 1 aromatic heterocycles. The van der Waals surface area contributed by atoms with Crippen molar-refractivity contribution in [1.82, 2.24) is 10.2 Å². The highest BCUT2D eigenvalue weighted by atomic mass is 16.4. The highest BCUT2D eigenvalue weighted by molar-refractivity contribution is 6.03. The second-order valence-corrected chi connectivity index (χ2v) is 5.03. The van der Waals surface area contributed by atoms with Crippen LogP contribution in [0.15, 0.2) is 52.9 Å². The molecule has 2 aromatic carbocycles. The first-order chi connectivity index (χ1) is 10.6. The Bertz CT molecular complexity index is 810. The highest BCUT2D eigenvalue weighted by Gasteiger charge is 2.12. The molecule has 0 saturated carbocycles. The van der Waals surface area contributed by atoms with Gasteiger partial charge in [0.2, 0.25) is 5.89 Å². The first-order valence-electron chi connectivity index (χ1n) is 6.91. The van der Waals surface area contributed by atoms with E-state index < -0.39 is 0 Å². The Morgan fingerprint density at radius 1 is 1.00 bits per heavy atom. The van der Waals surface area contributed by atoms with E-state index in [9.17, 15) is 4.79 Å². The van der Waals surface area contributed by atoms with E-state index in [-0.39, 0.29) is 11.9 Å². The Balaban J connectivity index is 1.79. The zero-order valence-electron chi connectivity index (χ0n) is 12.3. The van der Waals surface area contributed by atoms with Gasteiger partial charge in [-0.05, 0) is 49.2 Å². The molecular weight excluding hydrogens is 278 g/mol. The number of anilines is 1. The minimum absolute atomic E-state index is 0.0853. The van der Waals surface area contributed by atoms with Crippen molar-refractivity contribution in [3.05, 3.63) is 65.2 Å². The molecular formula is C17H15N3O2. The van der Waals surface area contributed by atoms with Crippen molar-refractivity contribution in [2.45, 2.75) is 13.8 Å². The zero-order chi connectivity index (χ0) is 15.5. The fraction of sp³-hybridized carbons (Fsp3) is 0.118. The number of hydrogen-bond acceptors (Lipinski definition) is 4. The molecule has 110 valence electrons. The summed E-state index contributed by atoms with van der Waals surface area (Å²) in [5, 5.41) is 10.4. The standard InChI is InChI=1S/C17H15N3O2/c1-11-8-9-14(10-12(11)2)16-19-20-17(22-16)18-15(21)13-6-4-3-5-7-13/h3-10H,1-2H3,(H,18,20,21). The van der Waals surface area contributed by atoms with Crippen molar-refractivity contribution in [2.75, 3.05) is 5.32 Å². The molecule has 3 aromatic rings. The lowest BCUT2D eigenvalue weighted by Crippen LogP contribution is -2.11. The zero-order valence-corrected chi connectivity index (χ0v) is 12.3. The van der Waals surface area contributed by atoms with Gasteiger partial charge in [-0.25, -0.2) is 0 Å². The molecule has 0 fully saturated rings. The van der Waals surface area contributed by atoms with Crippen LogP contribution in [0, 0.1) is 13.8 Å². The van der Waals surface area contributed by atoms with Gasteiger partial charge in [0.05, 0.1) is 0 Å². The van der Waals surface area contributed by atoms with Gasteiger partial charge in [-0.15, -0.1) is 5.10 Å². The molecule has 5 heteroatoms. The molecule has 5 nitrogen and oxygen atoms in total. The second-order valence-electron chi connectivity index (χ2n) is 5.03. The Labute approximate surface area is 128 Å². The largest absolute Gasteiger partial charge is 0.403 e. The minimum atomic E-state index is -0.282. The number of aryl methyl sites for hydroxylation is 2. The quantitative estimate of drug-likeness (QED) is 0.801. The summed E-state index contributed by atoms with van der Waals surface area (Å²) in [7, 11) is 0. The fourth-order valence-electron chi connectivity index (χ4n) is 2.02. The molecule has 0 aliphatic carbocycles. The number of carbonyl (C=O) groups excluding carboxylic acids is 1. The van der Waals surface area contributed by atoms with Gasteiger partial charge < -0.3 is 4.42 Å². The smallest absolute Gasteiger partial charge is 0.322 e. The summed E-state index contributed by atoms with van der Waals surface area (Å²) in [5.41, 5.74) is 3.70. The van der Waals surface area contributed by atoms with E-state index in [2.05, 4.69) is 15.5 Å². The van der Waals surface area contributed by atoms with Crippen molar-refractivity contribution >= 4 is 11.9 Å². The number of nitrogens with zero attached hydrogens (tertiary/aromatic N) is 2. The van der Waals surface area contributed by atoms with Crippen molar-refractivity contribution in [3.8, 4) is 11.5 Å². The van der Waals surface area contributed by atoms with Crippen LogP contribution in [0.4, 0.5) is 6.01 Å². The normalized spacial score (nSPS) is 10.5. The van der Waals surface area contributed by atoms with Crippen molar-refractivity contribution in [2.24, 2.45) is 0 Å². The van der Waals surface area contributed by atoms with Gasteiger partial charge in [-0.3, -0.25) is 10.1 Å². The van der Waals surface area contributed by atoms with Gasteiger partial charge in [0.25, 0.3) is 5.91 Å². The molecule has 22 heavy (non-hydrogen) atoms. The lowest BCUT2D eigenvalue weighted by Gasteiger charge is -2.01. The van der Waals surface area contributed by atoms with E-state index in [1.54, 1.807) is 24.3 Å². The molecule has 1 heterocycles. The number of aromatic nitrogens is 2. The third-order valence-electron chi connectivity index (χ3n) is 3.44. The maximum absolute atomic E-state index is 12.0. The SMILES string of the molecule is Cc1ccc(-c2nnc(NC(=O)c3ccccc3)o2)cc1C. The predicted octanol–water partition coefficient (Wildman–Crippen LogP) is 3.61. The van der Waals surface area contributed by atoms with Crippen LogP contribution >= 0.6 is 0 Å². The summed E-state index contributed by atoms with van der Waals surface area (Å²) in [5.74, 6) is 0.0994. The summed E-state index contributed by atoms with van der Waals surface area (Å²) < 4.78 is 5.50. The van der Waals surface area contributed by atoms with Crippen LogP contribution in [-0.4, -0.2) is 16.1 Å². The fourth-order valence-corrected chi connectivity index (χ4v) is 2.02. The number of benzene rings is 2. The van der Waals surface area contributed by atoms with E-state index in [4.69, 9.17) is 4.42 Å². The van der Waals surface area contributed by atoms with Crippen molar-refractivity contribution < 1.29 is 9.21 Å². The average molecular weight is 293 g/mol. The molecule has 0 atom stereocenters. The second kappa shape index (κ2) is 5.81. The maximum atomic E-state index is 12.0. The Morgan fingerprint density at radius 3 is 2.50 bits per heavy atom. The Hall–Kier alpha value is -2.95. The van der Waals surface area contributed by atoms with Crippen LogP contribution in [-0.2, 0) is 0 Å². The number of nitrogens with one attached hydrogen (secondary N) is 1. The Kier molecular flexibility index (Phi) is 3.70. The molecule has 0 aliphatic heterocycles. The third kappa shape index (κ3) is 2.88. The first-order valence-corrected chi connectivity index (χ1v) is 6.91. The van der Waals surface area contributed by atoms with Crippen LogP contribution in [0.1, 0.15) is 21.5 Å². The summed E-state index contributed by atoms with van der Waals surface area (Å²) in [6.07, 6.45) is 0. The topological polar surface area (TPSA) is 68.0 Å². The van der Waals surface area contributed by atoms with Crippen LogP contribution < -0.4 is 5.32 Å². The maximum Gasteiger partial charge on any atom is 0.322 e. The molecule has 1 N–H and O–H groups in total. The molecule has 0 unspecified atom stereocenters. The van der Waals surface area contributed by atoms with E-state index in [0.29, 0.717) is 11.5 Å². The van der Waals surface area contributed by atoms with Crippen LogP contribution in [0.2, 0.25) is 0 Å². The summed E-state index contributed by atoms with van der Waals surface area (Å²) in [6, 6.07) is 14.9. The van der Waals surface area contributed by atoms with Gasteiger partial charge in [0.15, 0.2) is 0 Å². The molecule has 1 amide bonds. The van der Waals surface area contributed by atoms with Gasteiger partial charge in [-0.1, -0.05) is 29.4 Å². The molecule has 0 bridgehead atoms. The predicted molar refractivity (Wildman–Crippen MR) is 83.6 cm³/mol. The molecule has 0 aliphatic rings. The van der Waals surface area contributed by atoms with E-state index in [1.165, 1.54) is 5.56 Å². The monoisotopic (exact) mass is 293 g/mol. The molecule has 0 spiro atoms. The van der Waals surface area contributed by atoms with Gasteiger partial charge in [0, 0.05) is 11.1 Å². The van der Waals surface area contributed by atoms with Gasteiger partial charge in [-0.2, -0.15) is 0 Å². The summed E-state index contributed by atoms with van der Waals surface area (Å²) in [6.45, 7) is 4.06. The van der Waals surface area contributed by atoms with Crippen LogP contribution in [0.5, 0.6) is 0 Å². The van der Waals surface area contributed by atoms with Crippen molar-refractivity contribution in [3.63, 3.8) is 0 Å². The number of carbonyl (C=O) groups is 1. The molecule has 3 rings (SSSR count). The first kappa shape index (κ1) is 14.0. The lowest BCUT2D eigenvalue weighted by atomic mass is 10.1. The van der Waals surface area contributed by atoms with E-state index >= 15 is 0 Å². The summed E-state index contributed by atoms with van der Waals surface area (Å²) >= 11 is 0. The molecule has 0 saturated heterocycles. The van der Waals surface area contributed by atoms with Gasteiger partial charge in [0.1, 0.15) is 0 Å². The van der Waals surface area contributed by atoms with Crippen LogP contribution in [0.25, 0.3) is 11.5 Å². The van der Waals surface area contributed by atoms with Crippen molar-refractivity contribution in [1.29, 1.82) is 0 Å². The average Bonchev–Trinajstić information content (AvgIpc) is 2.99. The van der Waals surface area contributed by atoms with E-state index in [1.807, 2.05) is 38.1 Å². The number of amides is 1. The third-order valence-corrected chi connectivity index (χ3v) is 3.44. The number of rotatable bonds is 3. The lowest BCUT2D eigenvalue weighted by molar-refractivity contribution is 0.102. The Morgan fingerprint density at radius 2 is 1.77 bits per heavy atom. The minimum Gasteiger partial charge on any atom is -0.403 e. The van der Waals surface area contributed by atoms with E-state index in [0.717, 1.165) is 11.1 Å². The summed E-state index contributed by atoms with van der Waals surface area (Å²) in [4.78, 5) is 12.0. The van der Waals surface area contributed by atoms with Gasteiger partial charge >= 0.3 is 6.01 Å². The number of hydrogen-bond donors (Lipinski definition) is 1.